The molecule has 27 heavy (non-hydrogen) atoms. The Labute approximate surface area is 159 Å². The monoisotopic (exact) mass is 371 g/mol. The summed E-state index contributed by atoms with van der Waals surface area (Å²) in [5, 5.41) is 9.60. The third-order valence-electron chi connectivity index (χ3n) is 4.92. The zero-order valence-electron chi connectivity index (χ0n) is 15.8. The number of rotatable bonds is 5. The van der Waals surface area contributed by atoms with E-state index in [1.807, 2.05) is 36.0 Å². The molecule has 1 heterocycles. The second-order valence-electron chi connectivity index (χ2n) is 7.19. The number of piperazine rings is 1. The molecular formula is C21H26FN3O2. The summed E-state index contributed by atoms with van der Waals surface area (Å²) in [6, 6.07) is 13.0. The van der Waals surface area contributed by atoms with Gasteiger partial charge in [-0.25, -0.2) is 4.39 Å². The predicted molar refractivity (Wildman–Crippen MR) is 103 cm³/mol. The molecule has 0 unspecified atom stereocenters. The number of carbonyl (C=O) groups is 1. The van der Waals surface area contributed by atoms with Gasteiger partial charge in [-0.3, -0.25) is 14.6 Å². The largest absolute Gasteiger partial charge is 0.508 e. The lowest BCUT2D eigenvalue weighted by Crippen LogP contribution is -2.51. The van der Waals surface area contributed by atoms with Crippen molar-refractivity contribution in [3.63, 3.8) is 0 Å². The highest BCUT2D eigenvalue weighted by molar-refractivity contribution is 5.83. The molecule has 5 nitrogen and oxygen atoms in total. The molecule has 1 fully saturated rings. The highest BCUT2D eigenvalue weighted by Gasteiger charge is 2.30. The summed E-state index contributed by atoms with van der Waals surface area (Å²) in [6.07, 6.45) is 0. The van der Waals surface area contributed by atoms with E-state index in [0.29, 0.717) is 18.7 Å². The minimum atomic E-state index is -0.488. The molecule has 2 aromatic carbocycles. The number of nitrogens with zero attached hydrogens (tertiary/aromatic N) is 3. The molecule has 0 saturated carbocycles. The van der Waals surface area contributed by atoms with Crippen molar-refractivity contribution in [1.82, 2.24) is 14.7 Å². The molecule has 0 aromatic heterocycles. The van der Waals surface area contributed by atoms with Gasteiger partial charge >= 0.3 is 0 Å². The first kappa shape index (κ1) is 19.3. The molecule has 1 aliphatic heterocycles. The number of phenols is 1. The number of aromatic hydroxyl groups is 1. The minimum Gasteiger partial charge on any atom is -0.508 e. The summed E-state index contributed by atoms with van der Waals surface area (Å²) < 4.78 is 13.6. The molecule has 0 bridgehead atoms. The van der Waals surface area contributed by atoms with Gasteiger partial charge in [0.1, 0.15) is 17.6 Å². The Morgan fingerprint density at radius 3 is 2.44 bits per heavy atom. The number of likely N-dealkylation sites (N-methyl/N-ethyl adjacent to an activating group) is 1. The van der Waals surface area contributed by atoms with Crippen LogP contribution in [0, 0.1) is 5.82 Å². The van der Waals surface area contributed by atoms with Crippen LogP contribution in [0.25, 0.3) is 0 Å². The van der Waals surface area contributed by atoms with Crippen molar-refractivity contribution in [2.75, 3.05) is 40.3 Å². The number of hydrogen-bond acceptors (Lipinski definition) is 4. The van der Waals surface area contributed by atoms with Gasteiger partial charge in [-0.1, -0.05) is 24.3 Å². The Morgan fingerprint density at radius 2 is 1.81 bits per heavy atom. The number of amides is 1. The molecule has 1 aliphatic rings. The zero-order valence-corrected chi connectivity index (χ0v) is 15.8. The number of halogens is 1. The summed E-state index contributed by atoms with van der Waals surface area (Å²) in [5.41, 5.74) is 1.73. The molecular weight excluding hydrogens is 345 g/mol. The maximum absolute atomic E-state index is 13.6. The summed E-state index contributed by atoms with van der Waals surface area (Å²) in [6.45, 7) is 3.56. The quantitative estimate of drug-likeness (QED) is 0.877. The van der Waals surface area contributed by atoms with E-state index < -0.39 is 6.04 Å². The van der Waals surface area contributed by atoms with Gasteiger partial charge in [0.2, 0.25) is 5.91 Å². The SMILES string of the molecule is CN(C)[C@H](C(=O)N1CCN(Cc2cccc(O)c2)CC1)c1cccc(F)c1. The zero-order chi connectivity index (χ0) is 19.4. The second-order valence-corrected chi connectivity index (χ2v) is 7.19. The Hall–Kier alpha value is -2.44. The Bertz CT molecular complexity index is 789. The molecule has 0 aliphatic carbocycles. The van der Waals surface area contributed by atoms with E-state index in [4.69, 9.17) is 0 Å². The standard InChI is InChI=1S/C21H26FN3O2/c1-23(2)20(17-6-4-7-18(22)14-17)21(27)25-11-9-24(10-12-25)15-16-5-3-8-19(26)13-16/h3-8,13-14,20,26H,9-12,15H2,1-2H3/t20-/m0/s1. The average Bonchev–Trinajstić information content (AvgIpc) is 2.62. The molecule has 0 spiro atoms. The van der Waals surface area contributed by atoms with Crippen LogP contribution in [0.4, 0.5) is 4.39 Å². The van der Waals surface area contributed by atoms with Crippen LogP contribution in [-0.4, -0.2) is 66.0 Å². The summed E-state index contributed by atoms with van der Waals surface area (Å²) in [5.74, 6) is -0.0593. The lowest BCUT2D eigenvalue weighted by molar-refractivity contribution is -0.138. The first-order chi connectivity index (χ1) is 12.9. The number of benzene rings is 2. The van der Waals surface area contributed by atoms with Crippen LogP contribution in [-0.2, 0) is 11.3 Å². The average molecular weight is 371 g/mol. The van der Waals surface area contributed by atoms with E-state index in [9.17, 15) is 14.3 Å². The number of hydrogen-bond donors (Lipinski definition) is 1. The van der Waals surface area contributed by atoms with Gasteiger partial charge in [0.15, 0.2) is 0 Å². The number of phenolic OH excluding ortho intramolecular Hbond substituents is 1. The maximum atomic E-state index is 13.6. The van der Waals surface area contributed by atoms with Crippen molar-refractivity contribution in [3.8, 4) is 5.75 Å². The minimum absolute atomic E-state index is 0.00241. The lowest BCUT2D eigenvalue weighted by Gasteiger charge is -2.37. The van der Waals surface area contributed by atoms with Crippen LogP contribution >= 0.6 is 0 Å². The van der Waals surface area contributed by atoms with E-state index in [1.54, 1.807) is 24.3 Å². The van der Waals surface area contributed by atoms with Crippen LogP contribution in [0.15, 0.2) is 48.5 Å². The van der Waals surface area contributed by atoms with Gasteiger partial charge in [-0.15, -0.1) is 0 Å². The van der Waals surface area contributed by atoms with Gasteiger partial charge in [-0.05, 0) is 49.5 Å². The fourth-order valence-corrected chi connectivity index (χ4v) is 3.55. The third-order valence-corrected chi connectivity index (χ3v) is 4.92. The van der Waals surface area contributed by atoms with Crippen molar-refractivity contribution in [2.24, 2.45) is 0 Å². The molecule has 0 radical (unpaired) electrons. The lowest BCUT2D eigenvalue weighted by atomic mass is 10.0. The smallest absolute Gasteiger partial charge is 0.244 e. The molecule has 3 rings (SSSR count). The van der Waals surface area contributed by atoms with Crippen molar-refractivity contribution >= 4 is 5.91 Å². The molecule has 2 aromatic rings. The van der Waals surface area contributed by atoms with E-state index in [2.05, 4.69) is 4.90 Å². The highest BCUT2D eigenvalue weighted by Crippen LogP contribution is 2.23. The fraction of sp³-hybridized carbons (Fsp3) is 0.381. The topological polar surface area (TPSA) is 47.0 Å². The molecule has 6 heteroatoms. The van der Waals surface area contributed by atoms with Crippen LogP contribution in [0.1, 0.15) is 17.2 Å². The van der Waals surface area contributed by atoms with Crippen molar-refractivity contribution in [1.29, 1.82) is 0 Å². The van der Waals surface area contributed by atoms with Crippen LogP contribution in [0.2, 0.25) is 0 Å². The predicted octanol–water partition coefficient (Wildman–Crippen LogP) is 2.48. The van der Waals surface area contributed by atoms with Crippen molar-refractivity contribution < 1.29 is 14.3 Å². The first-order valence-corrected chi connectivity index (χ1v) is 9.15. The van der Waals surface area contributed by atoms with Gasteiger partial charge in [-0.2, -0.15) is 0 Å². The Morgan fingerprint density at radius 1 is 1.11 bits per heavy atom. The maximum Gasteiger partial charge on any atom is 0.244 e. The fourth-order valence-electron chi connectivity index (χ4n) is 3.55. The van der Waals surface area contributed by atoms with Crippen LogP contribution in [0.3, 0.4) is 0 Å². The van der Waals surface area contributed by atoms with Gasteiger partial charge in [0.25, 0.3) is 0 Å². The Balaban J connectivity index is 1.63. The van der Waals surface area contributed by atoms with Crippen LogP contribution < -0.4 is 0 Å². The summed E-state index contributed by atoms with van der Waals surface area (Å²) in [7, 11) is 3.68. The van der Waals surface area contributed by atoms with Gasteiger partial charge in [0.05, 0.1) is 0 Å². The van der Waals surface area contributed by atoms with Crippen LogP contribution in [0.5, 0.6) is 5.75 Å². The van der Waals surface area contributed by atoms with Gasteiger partial charge in [0, 0.05) is 32.7 Å². The summed E-state index contributed by atoms with van der Waals surface area (Å²) in [4.78, 5) is 19.0. The first-order valence-electron chi connectivity index (χ1n) is 9.15. The van der Waals surface area contributed by atoms with Gasteiger partial charge < -0.3 is 10.0 Å². The third kappa shape index (κ3) is 4.84. The number of carbonyl (C=O) groups excluding carboxylic acids is 1. The molecule has 1 N–H and O–H groups in total. The van der Waals surface area contributed by atoms with E-state index >= 15 is 0 Å². The molecule has 1 atom stereocenters. The molecule has 1 amide bonds. The van der Waals surface area contributed by atoms with E-state index in [1.165, 1.54) is 12.1 Å². The normalized spacial score (nSPS) is 16.5. The summed E-state index contributed by atoms with van der Waals surface area (Å²) >= 11 is 0. The molecule has 1 saturated heterocycles. The highest BCUT2D eigenvalue weighted by atomic mass is 19.1. The Kier molecular flexibility index (Phi) is 6.08. The van der Waals surface area contributed by atoms with Crippen molar-refractivity contribution in [3.05, 3.63) is 65.5 Å². The van der Waals surface area contributed by atoms with E-state index in [0.717, 1.165) is 25.2 Å². The van der Waals surface area contributed by atoms with E-state index in [-0.39, 0.29) is 17.5 Å². The molecule has 144 valence electrons. The van der Waals surface area contributed by atoms with Crippen molar-refractivity contribution in [2.45, 2.75) is 12.6 Å². The second kappa shape index (κ2) is 8.50.